The number of carbonyl (C=O) groups is 1. The van der Waals surface area contributed by atoms with Crippen LogP contribution in [0.4, 0.5) is 17.3 Å². The van der Waals surface area contributed by atoms with E-state index < -0.39 is 0 Å². The van der Waals surface area contributed by atoms with E-state index in [1.54, 1.807) is 12.1 Å². The number of carbonyl (C=O) groups excluding carboxylic acids is 1. The zero-order valence-electron chi connectivity index (χ0n) is 18.4. The number of aromatic nitrogens is 3. The number of hydrogen-bond acceptors (Lipinski definition) is 7. The van der Waals surface area contributed by atoms with Crippen molar-refractivity contribution in [2.24, 2.45) is 0 Å². The standard InChI is InChI=1S/C24H23ClN6OS/c1-15-20-22(31-12-10-30(11-13-31)19-8-3-4-9-26-19)27-16(2)28-24(20)33-21(15)23(32)29-18-7-5-6-17(25)14-18/h3-9,14H,10-13H2,1-2H3,(H,29,32). The van der Waals surface area contributed by atoms with Crippen LogP contribution in [0.3, 0.4) is 0 Å². The van der Waals surface area contributed by atoms with Crippen LogP contribution >= 0.6 is 22.9 Å². The smallest absolute Gasteiger partial charge is 0.266 e. The highest BCUT2D eigenvalue weighted by atomic mass is 35.5. The van der Waals surface area contributed by atoms with Crippen LogP contribution in [0.5, 0.6) is 0 Å². The largest absolute Gasteiger partial charge is 0.353 e. The molecule has 1 aliphatic heterocycles. The number of hydrogen-bond donors (Lipinski definition) is 1. The fraction of sp³-hybridized carbons (Fsp3) is 0.250. The van der Waals surface area contributed by atoms with Gasteiger partial charge in [-0.15, -0.1) is 11.3 Å². The van der Waals surface area contributed by atoms with E-state index >= 15 is 0 Å². The predicted octanol–water partition coefficient (Wildman–Crippen LogP) is 4.94. The van der Waals surface area contributed by atoms with Crippen molar-refractivity contribution in [2.45, 2.75) is 13.8 Å². The zero-order chi connectivity index (χ0) is 22.9. The summed E-state index contributed by atoms with van der Waals surface area (Å²) in [6.07, 6.45) is 1.82. The Kier molecular flexibility index (Phi) is 5.86. The van der Waals surface area contributed by atoms with Gasteiger partial charge in [0, 0.05) is 43.1 Å². The van der Waals surface area contributed by atoms with Crippen molar-refractivity contribution < 1.29 is 4.79 Å². The number of nitrogens with zero attached hydrogens (tertiary/aromatic N) is 5. The number of benzene rings is 1. The van der Waals surface area contributed by atoms with Crippen molar-refractivity contribution in [3.8, 4) is 0 Å². The van der Waals surface area contributed by atoms with E-state index in [2.05, 4.69) is 25.1 Å². The first-order valence-corrected chi connectivity index (χ1v) is 11.9. The molecule has 7 nitrogen and oxygen atoms in total. The van der Waals surface area contributed by atoms with Crippen LogP contribution in [0.1, 0.15) is 21.1 Å². The van der Waals surface area contributed by atoms with Gasteiger partial charge >= 0.3 is 0 Å². The molecule has 0 bridgehead atoms. The number of thiophene rings is 1. The number of anilines is 3. The first-order valence-electron chi connectivity index (χ1n) is 10.7. The van der Waals surface area contributed by atoms with E-state index in [4.69, 9.17) is 16.6 Å². The monoisotopic (exact) mass is 478 g/mol. The number of aryl methyl sites for hydroxylation is 2. The van der Waals surface area contributed by atoms with Gasteiger partial charge in [-0.2, -0.15) is 0 Å². The molecule has 3 aromatic heterocycles. The molecular weight excluding hydrogens is 456 g/mol. The Morgan fingerprint density at radius 1 is 1.03 bits per heavy atom. The minimum absolute atomic E-state index is 0.165. The van der Waals surface area contributed by atoms with E-state index in [0.29, 0.717) is 21.4 Å². The summed E-state index contributed by atoms with van der Waals surface area (Å²) >= 11 is 7.47. The molecule has 0 radical (unpaired) electrons. The molecule has 0 atom stereocenters. The van der Waals surface area contributed by atoms with Crippen molar-refractivity contribution in [1.82, 2.24) is 15.0 Å². The topological polar surface area (TPSA) is 74.2 Å². The minimum atomic E-state index is -0.165. The molecule has 33 heavy (non-hydrogen) atoms. The van der Waals surface area contributed by atoms with Crippen LogP contribution in [0.15, 0.2) is 48.7 Å². The average molecular weight is 479 g/mol. The van der Waals surface area contributed by atoms with Gasteiger partial charge in [-0.25, -0.2) is 15.0 Å². The van der Waals surface area contributed by atoms with Crippen molar-refractivity contribution >= 4 is 56.4 Å². The number of amides is 1. The molecule has 1 amide bonds. The molecule has 0 spiro atoms. The van der Waals surface area contributed by atoms with Crippen molar-refractivity contribution in [2.75, 3.05) is 41.3 Å². The second-order valence-electron chi connectivity index (χ2n) is 7.96. The fourth-order valence-corrected chi connectivity index (χ4v) is 5.42. The Morgan fingerprint density at radius 3 is 2.55 bits per heavy atom. The van der Waals surface area contributed by atoms with Gasteiger partial charge < -0.3 is 15.1 Å². The third-order valence-corrected chi connectivity index (χ3v) is 7.14. The highest BCUT2D eigenvalue weighted by Gasteiger charge is 2.25. The second kappa shape index (κ2) is 8.96. The van der Waals surface area contributed by atoms with Gasteiger partial charge in [-0.3, -0.25) is 4.79 Å². The second-order valence-corrected chi connectivity index (χ2v) is 9.39. The number of rotatable bonds is 4. The van der Waals surface area contributed by atoms with E-state index in [-0.39, 0.29) is 5.91 Å². The van der Waals surface area contributed by atoms with E-state index in [0.717, 1.165) is 53.6 Å². The first kappa shape index (κ1) is 21.6. The molecular formula is C24H23ClN6OS. The number of halogens is 1. The fourth-order valence-electron chi connectivity index (χ4n) is 4.11. The lowest BCUT2D eigenvalue weighted by Crippen LogP contribution is -2.47. The SMILES string of the molecule is Cc1nc(N2CCN(c3ccccn3)CC2)c2c(C)c(C(=O)Nc3cccc(Cl)c3)sc2n1. The molecule has 1 N–H and O–H groups in total. The first-order chi connectivity index (χ1) is 16.0. The molecule has 1 aromatic carbocycles. The summed E-state index contributed by atoms with van der Waals surface area (Å²) in [5.74, 6) is 2.43. The van der Waals surface area contributed by atoms with Crippen molar-refractivity contribution in [3.05, 3.63) is 69.9 Å². The van der Waals surface area contributed by atoms with Crippen LogP contribution in [0.2, 0.25) is 5.02 Å². The van der Waals surface area contributed by atoms with Crippen molar-refractivity contribution in [3.63, 3.8) is 0 Å². The van der Waals surface area contributed by atoms with Crippen LogP contribution < -0.4 is 15.1 Å². The van der Waals surface area contributed by atoms with Gasteiger partial charge in [0.25, 0.3) is 5.91 Å². The van der Waals surface area contributed by atoms with Crippen molar-refractivity contribution in [1.29, 1.82) is 0 Å². The summed E-state index contributed by atoms with van der Waals surface area (Å²) in [4.78, 5) is 33.0. The predicted molar refractivity (Wildman–Crippen MR) is 135 cm³/mol. The minimum Gasteiger partial charge on any atom is -0.353 e. The van der Waals surface area contributed by atoms with Crippen LogP contribution in [-0.4, -0.2) is 47.0 Å². The molecule has 1 saturated heterocycles. The molecule has 5 rings (SSSR count). The lowest BCUT2D eigenvalue weighted by molar-refractivity contribution is 0.103. The highest BCUT2D eigenvalue weighted by molar-refractivity contribution is 7.20. The van der Waals surface area contributed by atoms with Gasteiger partial charge in [0.2, 0.25) is 0 Å². The van der Waals surface area contributed by atoms with Gasteiger partial charge in [0.1, 0.15) is 22.3 Å². The maximum Gasteiger partial charge on any atom is 0.266 e. The summed E-state index contributed by atoms with van der Waals surface area (Å²) in [5.41, 5.74) is 1.56. The maximum atomic E-state index is 13.1. The third kappa shape index (κ3) is 4.36. The summed E-state index contributed by atoms with van der Waals surface area (Å²) in [6.45, 7) is 7.22. The Bertz CT molecular complexity index is 1320. The molecule has 0 unspecified atom stereocenters. The summed E-state index contributed by atoms with van der Waals surface area (Å²) in [5, 5.41) is 4.48. The van der Waals surface area contributed by atoms with Crippen LogP contribution in [0, 0.1) is 13.8 Å². The number of piperazine rings is 1. The number of nitrogens with one attached hydrogen (secondary N) is 1. The normalized spacial score (nSPS) is 14.0. The third-order valence-electron chi connectivity index (χ3n) is 5.72. The average Bonchev–Trinajstić information content (AvgIpc) is 3.15. The quantitative estimate of drug-likeness (QED) is 0.448. The van der Waals surface area contributed by atoms with E-state index in [1.165, 1.54) is 11.3 Å². The Hall–Kier alpha value is -3.23. The lowest BCUT2D eigenvalue weighted by atomic mass is 10.1. The zero-order valence-corrected chi connectivity index (χ0v) is 20.0. The number of fused-ring (bicyclic) bond motifs is 1. The molecule has 1 aliphatic rings. The summed E-state index contributed by atoms with van der Waals surface area (Å²) in [7, 11) is 0. The molecule has 0 saturated carbocycles. The Morgan fingerprint density at radius 2 is 1.82 bits per heavy atom. The molecule has 1 fully saturated rings. The van der Waals surface area contributed by atoms with E-state index in [9.17, 15) is 4.79 Å². The molecule has 4 heterocycles. The summed E-state index contributed by atoms with van der Waals surface area (Å²) in [6, 6.07) is 13.1. The molecule has 168 valence electrons. The van der Waals surface area contributed by atoms with Gasteiger partial charge in [-0.05, 0) is 49.7 Å². The molecule has 9 heteroatoms. The lowest BCUT2D eigenvalue weighted by Gasteiger charge is -2.36. The van der Waals surface area contributed by atoms with Crippen LogP contribution in [-0.2, 0) is 0 Å². The van der Waals surface area contributed by atoms with Gasteiger partial charge in [0.05, 0.1) is 10.3 Å². The van der Waals surface area contributed by atoms with E-state index in [1.807, 2.05) is 50.4 Å². The number of pyridine rings is 1. The summed E-state index contributed by atoms with van der Waals surface area (Å²) < 4.78 is 0. The molecule has 0 aliphatic carbocycles. The molecule has 4 aromatic rings. The Balaban J connectivity index is 1.43. The van der Waals surface area contributed by atoms with Gasteiger partial charge in [-0.1, -0.05) is 23.7 Å². The highest BCUT2D eigenvalue weighted by Crippen LogP contribution is 2.36. The van der Waals surface area contributed by atoms with Crippen LogP contribution in [0.25, 0.3) is 10.2 Å². The Labute approximate surface area is 201 Å². The van der Waals surface area contributed by atoms with Gasteiger partial charge in [0.15, 0.2) is 0 Å². The maximum absolute atomic E-state index is 13.1.